The predicted octanol–water partition coefficient (Wildman–Crippen LogP) is 1.13. The highest BCUT2D eigenvalue weighted by atomic mass is 16.5. The van der Waals surface area contributed by atoms with Gasteiger partial charge >= 0.3 is 5.97 Å². The highest BCUT2D eigenvalue weighted by Crippen LogP contribution is 2.20. The zero-order valence-corrected chi connectivity index (χ0v) is 14.9. The maximum absolute atomic E-state index is 12.5. The molecule has 1 aliphatic rings. The fraction of sp³-hybridized carbons (Fsp3) is 0.389. The zero-order chi connectivity index (χ0) is 19.4. The molecule has 1 aliphatic heterocycles. The third-order valence-corrected chi connectivity index (χ3v) is 4.52. The first-order chi connectivity index (χ1) is 13.0. The minimum absolute atomic E-state index is 0.0891. The summed E-state index contributed by atoms with van der Waals surface area (Å²) < 4.78 is 5.19. The van der Waals surface area contributed by atoms with Crippen LogP contribution in [-0.4, -0.2) is 69.5 Å². The van der Waals surface area contributed by atoms with Crippen LogP contribution in [0, 0.1) is 5.92 Å². The molecule has 0 bridgehead atoms. The Morgan fingerprint density at radius 2 is 2.22 bits per heavy atom. The maximum Gasteiger partial charge on any atom is 0.308 e. The van der Waals surface area contributed by atoms with E-state index in [-0.39, 0.29) is 24.7 Å². The van der Waals surface area contributed by atoms with E-state index < -0.39 is 17.8 Å². The Bertz CT molecular complexity index is 835. The summed E-state index contributed by atoms with van der Waals surface area (Å²) in [5, 5.41) is 12.9. The van der Waals surface area contributed by atoms with Crippen molar-refractivity contribution in [3.8, 4) is 11.3 Å². The number of rotatable bonds is 5. The van der Waals surface area contributed by atoms with Gasteiger partial charge in [0, 0.05) is 44.2 Å². The number of piperidine rings is 1. The second-order valence-corrected chi connectivity index (χ2v) is 6.50. The Balaban J connectivity index is 1.61. The molecule has 2 aromatic rings. The number of aromatic nitrogens is 2. The minimum atomic E-state index is -0.901. The average Bonchev–Trinajstić information content (AvgIpc) is 3.18. The smallest absolute Gasteiger partial charge is 0.308 e. The fourth-order valence-corrected chi connectivity index (χ4v) is 3.00. The Morgan fingerprint density at radius 3 is 2.93 bits per heavy atom. The van der Waals surface area contributed by atoms with Gasteiger partial charge in [-0.2, -0.15) is 0 Å². The van der Waals surface area contributed by atoms with E-state index in [4.69, 9.17) is 9.63 Å². The van der Waals surface area contributed by atoms with Gasteiger partial charge in [-0.25, -0.2) is 0 Å². The molecular formula is C18H20N4O5. The van der Waals surface area contributed by atoms with E-state index >= 15 is 0 Å². The first kappa shape index (κ1) is 18.6. The molecule has 1 atom stereocenters. The number of likely N-dealkylation sites (tertiary alicyclic amines) is 1. The largest absolute Gasteiger partial charge is 0.481 e. The monoisotopic (exact) mass is 372 g/mol. The molecule has 0 saturated carbocycles. The summed E-state index contributed by atoms with van der Waals surface area (Å²) in [5.74, 6) is -1.78. The fourth-order valence-electron chi connectivity index (χ4n) is 3.00. The number of aliphatic carboxylic acids is 1. The third-order valence-electron chi connectivity index (χ3n) is 4.52. The van der Waals surface area contributed by atoms with Gasteiger partial charge in [0.2, 0.25) is 5.91 Å². The number of carboxylic acids is 1. The predicted molar refractivity (Wildman–Crippen MR) is 93.6 cm³/mol. The summed E-state index contributed by atoms with van der Waals surface area (Å²) in [6.45, 7) is 0.519. The molecule has 3 heterocycles. The van der Waals surface area contributed by atoms with Crippen molar-refractivity contribution in [1.29, 1.82) is 0 Å². The van der Waals surface area contributed by atoms with E-state index in [1.807, 2.05) is 0 Å². The second-order valence-electron chi connectivity index (χ2n) is 6.50. The van der Waals surface area contributed by atoms with Crippen molar-refractivity contribution in [2.24, 2.45) is 5.92 Å². The molecule has 2 amide bonds. The molecule has 0 aliphatic carbocycles. The first-order valence-electron chi connectivity index (χ1n) is 8.59. The molecule has 1 unspecified atom stereocenters. The topological polar surface area (TPSA) is 117 Å². The molecule has 1 saturated heterocycles. The molecule has 2 aromatic heterocycles. The Hall–Kier alpha value is -3.23. The number of nitrogens with zero attached hydrogens (tertiary/aromatic N) is 4. The van der Waals surface area contributed by atoms with Gasteiger partial charge in [0.25, 0.3) is 5.91 Å². The summed E-state index contributed by atoms with van der Waals surface area (Å²) in [5.41, 5.74) is 0.780. The van der Waals surface area contributed by atoms with Crippen molar-refractivity contribution in [2.45, 2.75) is 12.8 Å². The Labute approximate surface area is 155 Å². The summed E-state index contributed by atoms with van der Waals surface area (Å²) >= 11 is 0. The standard InChI is InChI=1S/C18H20N4O5/c1-21(11-16(23)22-7-3-5-13(10-22)18(25)26)17(24)14-8-15(27-20-14)12-4-2-6-19-9-12/h2,4,6,8-9,13H,3,5,7,10-11H2,1H3,(H,25,26). The van der Waals surface area contributed by atoms with Crippen LogP contribution in [0.1, 0.15) is 23.3 Å². The summed E-state index contributed by atoms with van der Waals surface area (Å²) in [7, 11) is 1.50. The van der Waals surface area contributed by atoms with Gasteiger partial charge in [-0.3, -0.25) is 19.4 Å². The number of amides is 2. The molecular weight excluding hydrogens is 352 g/mol. The number of carboxylic acid groups (broad SMARTS) is 1. The third kappa shape index (κ3) is 4.30. The normalized spacial score (nSPS) is 16.8. The van der Waals surface area contributed by atoms with Crippen molar-refractivity contribution in [2.75, 3.05) is 26.7 Å². The molecule has 142 valence electrons. The molecule has 9 nitrogen and oxygen atoms in total. The van der Waals surface area contributed by atoms with Crippen molar-refractivity contribution in [3.63, 3.8) is 0 Å². The van der Waals surface area contributed by atoms with Gasteiger partial charge in [-0.1, -0.05) is 5.16 Å². The van der Waals surface area contributed by atoms with Crippen molar-refractivity contribution in [3.05, 3.63) is 36.3 Å². The van der Waals surface area contributed by atoms with E-state index in [1.165, 1.54) is 22.9 Å². The molecule has 27 heavy (non-hydrogen) atoms. The number of hydrogen-bond acceptors (Lipinski definition) is 6. The van der Waals surface area contributed by atoms with Crippen LogP contribution in [0.3, 0.4) is 0 Å². The number of carbonyl (C=O) groups excluding carboxylic acids is 2. The molecule has 1 fully saturated rings. The maximum atomic E-state index is 12.5. The SMILES string of the molecule is CN(CC(=O)N1CCCC(C(=O)O)C1)C(=O)c1cc(-c2cccnc2)on1. The number of pyridine rings is 1. The van der Waals surface area contributed by atoms with E-state index in [0.29, 0.717) is 30.7 Å². The summed E-state index contributed by atoms with van der Waals surface area (Å²) in [6, 6.07) is 5.03. The van der Waals surface area contributed by atoms with Crippen LogP contribution < -0.4 is 0 Å². The molecule has 3 rings (SSSR count). The van der Waals surface area contributed by atoms with Crippen molar-refractivity contribution >= 4 is 17.8 Å². The molecule has 1 N–H and O–H groups in total. The lowest BCUT2D eigenvalue weighted by atomic mass is 9.98. The number of carbonyl (C=O) groups is 3. The zero-order valence-electron chi connectivity index (χ0n) is 14.9. The van der Waals surface area contributed by atoms with Crippen LogP contribution >= 0.6 is 0 Å². The van der Waals surface area contributed by atoms with E-state index in [9.17, 15) is 14.4 Å². The van der Waals surface area contributed by atoms with E-state index in [1.54, 1.807) is 24.5 Å². The number of likely N-dealkylation sites (N-methyl/N-ethyl adjacent to an activating group) is 1. The van der Waals surface area contributed by atoms with E-state index in [2.05, 4.69) is 10.1 Å². The van der Waals surface area contributed by atoms with E-state index in [0.717, 1.165) is 0 Å². The highest BCUT2D eigenvalue weighted by molar-refractivity contribution is 5.95. The van der Waals surface area contributed by atoms with Crippen LogP contribution in [-0.2, 0) is 9.59 Å². The van der Waals surface area contributed by atoms with Crippen molar-refractivity contribution < 1.29 is 24.0 Å². The van der Waals surface area contributed by atoms with Crippen LogP contribution in [0.2, 0.25) is 0 Å². The number of hydrogen-bond donors (Lipinski definition) is 1. The molecule has 0 aromatic carbocycles. The average molecular weight is 372 g/mol. The van der Waals surface area contributed by atoms with Gasteiger partial charge in [-0.15, -0.1) is 0 Å². The van der Waals surface area contributed by atoms with Crippen LogP contribution in [0.4, 0.5) is 0 Å². The summed E-state index contributed by atoms with van der Waals surface area (Å²) in [6.07, 6.45) is 4.42. The molecule has 0 spiro atoms. The van der Waals surface area contributed by atoms with Crippen LogP contribution in [0.5, 0.6) is 0 Å². The second kappa shape index (κ2) is 7.98. The van der Waals surface area contributed by atoms with Gasteiger partial charge in [0.15, 0.2) is 11.5 Å². The molecule has 0 radical (unpaired) electrons. The van der Waals surface area contributed by atoms with Gasteiger partial charge < -0.3 is 19.4 Å². The summed E-state index contributed by atoms with van der Waals surface area (Å²) in [4.78, 5) is 42.8. The first-order valence-corrected chi connectivity index (χ1v) is 8.59. The van der Waals surface area contributed by atoms with Crippen LogP contribution in [0.15, 0.2) is 35.1 Å². The lowest BCUT2D eigenvalue weighted by Gasteiger charge is -2.31. The Morgan fingerprint density at radius 1 is 1.41 bits per heavy atom. The lowest BCUT2D eigenvalue weighted by molar-refractivity contribution is -0.145. The Kier molecular flexibility index (Phi) is 5.49. The highest BCUT2D eigenvalue weighted by Gasteiger charge is 2.29. The van der Waals surface area contributed by atoms with Gasteiger partial charge in [0.1, 0.15) is 0 Å². The minimum Gasteiger partial charge on any atom is -0.481 e. The quantitative estimate of drug-likeness (QED) is 0.836. The van der Waals surface area contributed by atoms with Gasteiger partial charge in [-0.05, 0) is 25.0 Å². The van der Waals surface area contributed by atoms with Crippen molar-refractivity contribution in [1.82, 2.24) is 19.9 Å². The lowest BCUT2D eigenvalue weighted by Crippen LogP contribution is -2.46. The molecule has 9 heteroatoms. The van der Waals surface area contributed by atoms with Crippen LogP contribution in [0.25, 0.3) is 11.3 Å². The van der Waals surface area contributed by atoms with Gasteiger partial charge in [0.05, 0.1) is 12.5 Å².